The van der Waals surface area contributed by atoms with Crippen LogP contribution in [-0.4, -0.2) is 31.9 Å². The van der Waals surface area contributed by atoms with Gasteiger partial charge in [-0.15, -0.1) is 10.8 Å². The van der Waals surface area contributed by atoms with E-state index in [-0.39, 0.29) is 18.7 Å². The Morgan fingerprint density at radius 3 is 2.52 bits per heavy atom. The molecule has 6 nitrogen and oxygen atoms in total. The van der Waals surface area contributed by atoms with Crippen molar-refractivity contribution < 1.29 is 14.2 Å². The lowest BCUT2D eigenvalue weighted by Crippen LogP contribution is -2.23. The minimum atomic E-state index is -3.20. The summed E-state index contributed by atoms with van der Waals surface area (Å²) in [6.07, 6.45) is 1.75. The monoisotopic (exact) mass is 360 g/mol. The Labute approximate surface area is 146 Å². The maximum Gasteiger partial charge on any atom is 0.258 e. The molecule has 0 aliphatic heterocycles. The average molecular weight is 360 g/mol. The molecule has 0 bridgehead atoms. The number of nitrogens with one attached hydrogen (secondary N) is 1. The number of fused-ring (bicyclic) bond motifs is 1. The summed E-state index contributed by atoms with van der Waals surface area (Å²) in [6.45, 7) is -0.115. The second kappa shape index (κ2) is 6.99. The Bertz CT molecular complexity index is 969. The van der Waals surface area contributed by atoms with Crippen LogP contribution in [0, 0.1) is 0 Å². The van der Waals surface area contributed by atoms with Gasteiger partial charge >= 0.3 is 0 Å². The van der Waals surface area contributed by atoms with Gasteiger partial charge in [0.1, 0.15) is 0 Å². The van der Waals surface area contributed by atoms with Crippen LogP contribution in [0.4, 0.5) is 0 Å². The number of aliphatic hydroxyl groups excluding tert-OH is 1. The maximum atomic E-state index is 12.3. The number of aromatic nitrogens is 1. The molecule has 3 aromatic rings. The molecule has 3 rings (SSSR count). The van der Waals surface area contributed by atoms with Crippen LogP contribution in [-0.2, 0) is 7.05 Å². The number of hydrogen-bond donors (Lipinski definition) is 4. The van der Waals surface area contributed by atoms with Crippen molar-refractivity contribution in [3.63, 3.8) is 0 Å². The number of pyridine rings is 1. The molecular formula is C18H20N2O4S. The maximum absolute atomic E-state index is 12.3. The molecule has 132 valence electrons. The second-order valence-electron chi connectivity index (χ2n) is 5.70. The van der Waals surface area contributed by atoms with Crippen LogP contribution < -0.4 is 10.3 Å². The van der Waals surface area contributed by atoms with Gasteiger partial charge < -0.3 is 9.67 Å². The zero-order chi connectivity index (χ0) is 18.0. The molecule has 0 unspecified atom stereocenters. The predicted molar refractivity (Wildman–Crippen MR) is 101 cm³/mol. The van der Waals surface area contributed by atoms with Crippen molar-refractivity contribution in [1.82, 2.24) is 9.29 Å². The van der Waals surface area contributed by atoms with Crippen molar-refractivity contribution in [2.75, 3.05) is 13.2 Å². The standard InChI is InChI=1S/C18H20N2O4S/c1-20-12-17(15-7-2-3-8-16(15)18(20)22)13-5-4-6-14(11-13)25(23,24)19-9-10-21/h2-8,11-12,19,21,23-24H,9-10H2,1H3. The van der Waals surface area contributed by atoms with Crippen molar-refractivity contribution in [1.29, 1.82) is 0 Å². The minimum absolute atomic E-state index is 0.0787. The first-order valence-corrected chi connectivity index (χ1v) is 9.31. The van der Waals surface area contributed by atoms with Gasteiger partial charge in [-0.3, -0.25) is 13.9 Å². The summed E-state index contributed by atoms with van der Waals surface area (Å²) < 4.78 is 24.6. The largest absolute Gasteiger partial charge is 0.395 e. The van der Waals surface area contributed by atoms with Crippen LogP contribution in [0.15, 0.2) is 64.4 Å². The molecule has 25 heavy (non-hydrogen) atoms. The molecule has 1 aromatic heterocycles. The number of aliphatic hydroxyl groups is 1. The Hall–Kier alpha value is -2.16. The van der Waals surface area contributed by atoms with E-state index in [0.717, 1.165) is 16.5 Å². The van der Waals surface area contributed by atoms with E-state index < -0.39 is 10.8 Å². The van der Waals surface area contributed by atoms with E-state index >= 15 is 0 Å². The van der Waals surface area contributed by atoms with Gasteiger partial charge in [0.2, 0.25) is 0 Å². The van der Waals surface area contributed by atoms with Crippen LogP contribution in [0.2, 0.25) is 0 Å². The molecule has 4 N–H and O–H groups in total. The zero-order valence-electron chi connectivity index (χ0n) is 13.7. The first kappa shape index (κ1) is 17.7. The SMILES string of the molecule is Cn1cc(-c2cccc(S(O)(O)NCCO)c2)c2ccccc2c1=O. The highest BCUT2D eigenvalue weighted by Crippen LogP contribution is 2.45. The molecule has 7 heteroatoms. The topological polar surface area (TPSA) is 94.7 Å². The molecule has 0 spiro atoms. The van der Waals surface area contributed by atoms with Gasteiger partial charge in [0.05, 0.1) is 11.5 Å². The van der Waals surface area contributed by atoms with Crippen LogP contribution in [0.25, 0.3) is 21.9 Å². The molecule has 1 heterocycles. The van der Waals surface area contributed by atoms with Crippen LogP contribution in [0.1, 0.15) is 0 Å². The molecule has 0 amide bonds. The molecule has 0 aliphatic rings. The Morgan fingerprint density at radius 1 is 1.08 bits per heavy atom. The molecule has 2 aromatic carbocycles. The summed E-state index contributed by atoms with van der Waals surface area (Å²) in [5, 5.41) is 10.3. The summed E-state index contributed by atoms with van der Waals surface area (Å²) in [5.41, 5.74) is 1.52. The van der Waals surface area contributed by atoms with Gasteiger partial charge in [-0.25, -0.2) is 4.72 Å². The third kappa shape index (κ3) is 3.46. The quantitative estimate of drug-likeness (QED) is 0.561. The predicted octanol–water partition coefficient (Wildman–Crippen LogP) is 2.81. The van der Waals surface area contributed by atoms with Gasteiger partial charge in [-0.05, 0) is 29.1 Å². The number of hydrogen-bond acceptors (Lipinski definition) is 5. The fraction of sp³-hybridized carbons (Fsp3) is 0.167. The van der Waals surface area contributed by atoms with Gasteiger partial charge in [-0.2, -0.15) is 0 Å². The Kier molecular flexibility index (Phi) is 4.94. The average Bonchev–Trinajstić information content (AvgIpc) is 2.63. The van der Waals surface area contributed by atoms with Crippen molar-refractivity contribution >= 4 is 21.5 Å². The lowest BCUT2D eigenvalue weighted by Gasteiger charge is -2.33. The van der Waals surface area contributed by atoms with Gasteiger partial charge in [0.25, 0.3) is 5.56 Å². The first-order chi connectivity index (χ1) is 11.9. The van der Waals surface area contributed by atoms with Crippen molar-refractivity contribution in [3.8, 4) is 11.1 Å². The van der Waals surface area contributed by atoms with E-state index in [9.17, 15) is 13.9 Å². The molecular weight excluding hydrogens is 340 g/mol. The number of aryl methyl sites for hydroxylation is 1. The lowest BCUT2D eigenvalue weighted by molar-refractivity contribution is 0.298. The summed E-state index contributed by atoms with van der Waals surface area (Å²) in [4.78, 5) is 12.6. The second-order valence-corrected chi connectivity index (χ2v) is 7.56. The smallest absolute Gasteiger partial charge is 0.258 e. The normalized spacial score (nSPS) is 12.5. The Balaban J connectivity index is 2.15. The van der Waals surface area contributed by atoms with Crippen LogP contribution >= 0.6 is 10.8 Å². The molecule has 0 saturated heterocycles. The fourth-order valence-corrected chi connectivity index (χ4v) is 3.86. The third-order valence-electron chi connectivity index (χ3n) is 3.98. The molecule has 0 aliphatic carbocycles. The lowest BCUT2D eigenvalue weighted by atomic mass is 10.0. The van der Waals surface area contributed by atoms with Crippen LogP contribution in [0.3, 0.4) is 0 Å². The summed E-state index contributed by atoms with van der Waals surface area (Å²) >= 11 is 0. The molecule has 0 fully saturated rings. The van der Waals surface area contributed by atoms with E-state index in [2.05, 4.69) is 4.72 Å². The highest BCUT2D eigenvalue weighted by atomic mass is 32.3. The van der Waals surface area contributed by atoms with E-state index in [1.165, 1.54) is 4.57 Å². The van der Waals surface area contributed by atoms with Crippen molar-refractivity contribution in [2.45, 2.75) is 4.90 Å². The highest BCUT2D eigenvalue weighted by molar-refractivity contribution is 8.22. The van der Waals surface area contributed by atoms with Crippen LogP contribution in [0.5, 0.6) is 0 Å². The van der Waals surface area contributed by atoms with E-state index in [1.54, 1.807) is 37.5 Å². The fourth-order valence-electron chi connectivity index (χ4n) is 2.76. The van der Waals surface area contributed by atoms with Gasteiger partial charge in [0, 0.05) is 30.7 Å². The van der Waals surface area contributed by atoms with Crippen molar-refractivity contribution in [3.05, 3.63) is 65.1 Å². The highest BCUT2D eigenvalue weighted by Gasteiger charge is 2.16. The molecule has 0 saturated carbocycles. The summed E-state index contributed by atoms with van der Waals surface area (Å²) in [5.74, 6) is 0. The van der Waals surface area contributed by atoms with E-state index in [0.29, 0.717) is 10.3 Å². The zero-order valence-corrected chi connectivity index (χ0v) is 14.5. The Morgan fingerprint density at radius 2 is 1.80 bits per heavy atom. The van der Waals surface area contributed by atoms with E-state index in [4.69, 9.17) is 5.11 Å². The van der Waals surface area contributed by atoms with Crippen molar-refractivity contribution in [2.24, 2.45) is 7.05 Å². The van der Waals surface area contributed by atoms with E-state index in [1.807, 2.05) is 24.3 Å². The minimum Gasteiger partial charge on any atom is -0.395 e. The number of nitrogens with zero attached hydrogens (tertiary/aromatic N) is 1. The summed E-state index contributed by atoms with van der Waals surface area (Å²) in [7, 11) is -1.51. The molecule has 0 radical (unpaired) electrons. The number of benzene rings is 2. The first-order valence-electron chi connectivity index (χ1n) is 7.76. The number of rotatable bonds is 5. The van der Waals surface area contributed by atoms with Gasteiger partial charge in [-0.1, -0.05) is 30.3 Å². The third-order valence-corrected chi connectivity index (χ3v) is 5.50. The molecule has 0 atom stereocenters. The summed E-state index contributed by atoms with van der Waals surface area (Å²) in [6, 6.07) is 14.2. The van der Waals surface area contributed by atoms with Gasteiger partial charge in [0.15, 0.2) is 0 Å².